The SMILES string of the molecule is CCCCCC(C)Nc1ccc(N2CCCC2)c(F)c1. The maximum atomic E-state index is 14.2. The highest BCUT2D eigenvalue weighted by Gasteiger charge is 2.16. The third-order valence-corrected chi connectivity index (χ3v) is 4.05. The van der Waals surface area contributed by atoms with Gasteiger partial charge >= 0.3 is 0 Å². The molecule has 0 radical (unpaired) electrons. The zero-order valence-electron chi connectivity index (χ0n) is 12.8. The molecule has 112 valence electrons. The third kappa shape index (κ3) is 4.12. The fourth-order valence-electron chi connectivity index (χ4n) is 2.87. The molecule has 1 atom stereocenters. The maximum absolute atomic E-state index is 14.2. The lowest BCUT2D eigenvalue weighted by Crippen LogP contribution is -2.19. The van der Waals surface area contributed by atoms with Crippen LogP contribution in [-0.2, 0) is 0 Å². The molecule has 1 aromatic carbocycles. The number of rotatable bonds is 7. The standard InChI is InChI=1S/C17H27FN2/c1-3-4-5-8-14(2)19-15-9-10-17(16(18)13-15)20-11-6-7-12-20/h9-10,13-14,19H,3-8,11-12H2,1-2H3. The first kappa shape index (κ1) is 15.1. The Morgan fingerprint density at radius 2 is 2.00 bits per heavy atom. The summed E-state index contributed by atoms with van der Waals surface area (Å²) in [7, 11) is 0. The van der Waals surface area contributed by atoms with E-state index < -0.39 is 0 Å². The Labute approximate surface area is 122 Å². The zero-order valence-corrected chi connectivity index (χ0v) is 12.8. The average molecular weight is 278 g/mol. The van der Waals surface area contributed by atoms with Crippen LogP contribution in [0.4, 0.5) is 15.8 Å². The van der Waals surface area contributed by atoms with Gasteiger partial charge in [-0.3, -0.25) is 0 Å². The van der Waals surface area contributed by atoms with E-state index in [0.29, 0.717) is 6.04 Å². The fourth-order valence-corrected chi connectivity index (χ4v) is 2.87. The number of halogens is 1. The smallest absolute Gasteiger partial charge is 0.148 e. The summed E-state index contributed by atoms with van der Waals surface area (Å²) in [5.41, 5.74) is 1.65. The van der Waals surface area contributed by atoms with Gasteiger partial charge in [-0.1, -0.05) is 26.2 Å². The minimum absolute atomic E-state index is 0.0994. The van der Waals surface area contributed by atoms with E-state index in [4.69, 9.17) is 0 Å². The van der Waals surface area contributed by atoms with Crippen molar-refractivity contribution >= 4 is 11.4 Å². The number of hydrogen-bond donors (Lipinski definition) is 1. The van der Waals surface area contributed by atoms with Crippen LogP contribution in [0.25, 0.3) is 0 Å². The Morgan fingerprint density at radius 3 is 2.65 bits per heavy atom. The predicted molar refractivity (Wildman–Crippen MR) is 85.1 cm³/mol. The van der Waals surface area contributed by atoms with Gasteiger partial charge in [0.25, 0.3) is 0 Å². The Balaban J connectivity index is 1.91. The molecule has 1 aliphatic heterocycles. The first-order chi connectivity index (χ1) is 9.70. The van der Waals surface area contributed by atoms with Crippen LogP contribution in [0.15, 0.2) is 18.2 Å². The molecule has 1 N–H and O–H groups in total. The quantitative estimate of drug-likeness (QED) is 0.720. The minimum Gasteiger partial charge on any atom is -0.383 e. The van der Waals surface area contributed by atoms with Crippen molar-refractivity contribution < 1.29 is 4.39 Å². The van der Waals surface area contributed by atoms with E-state index >= 15 is 0 Å². The van der Waals surface area contributed by atoms with Crippen molar-refractivity contribution in [1.82, 2.24) is 0 Å². The van der Waals surface area contributed by atoms with Crippen LogP contribution in [0.1, 0.15) is 52.4 Å². The van der Waals surface area contributed by atoms with Crippen LogP contribution in [0.5, 0.6) is 0 Å². The largest absolute Gasteiger partial charge is 0.383 e. The number of benzene rings is 1. The Bertz CT molecular complexity index is 413. The van der Waals surface area contributed by atoms with E-state index in [0.717, 1.165) is 30.9 Å². The Hall–Kier alpha value is -1.25. The van der Waals surface area contributed by atoms with Gasteiger partial charge in [0.2, 0.25) is 0 Å². The van der Waals surface area contributed by atoms with Crippen molar-refractivity contribution in [2.24, 2.45) is 0 Å². The summed E-state index contributed by atoms with van der Waals surface area (Å²) in [5.74, 6) is -0.0994. The van der Waals surface area contributed by atoms with Crippen molar-refractivity contribution in [3.05, 3.63) is 24.0 Å². The molecular weight excluding hydrogens is 251 g/mol. The maximum Gasteiger partial charge on any atom is 0.148 e. The highest BCUT2D eigenvalue weighted by molar-refractivity contribution is 5.57. The van der Waals surface area contributed by atoms with Gasteiger partial charge in [-0.2, -0.15) is 0 Å². The predicted octanol–water partition coefficient (Wildman–Crippen LogP) is 4.81. The summed E-state index contributed by atoms with van der Waals surface area (Å²) in [4.78, 5) is 2.14. The van der Waals surface area contributed by atoms with E-state index in [-0.39, 0.29) is 5.82 Å². The number of nitrogens with zero attached hydrogens (tertiary/aromatic N) is 1. The van der Waals surface area contributed by atoms with E-state index in [2.05, 4.69) is 24.1 Å². The Morgan fingerprint density at radius 1 is 1.25 bits per heavy atom. The van der Waals surface area contributed by atoms with Crippen LogP contribution >= 0.6 is 0 Å². The molecule has 1 aliphatic rings. The average Bonchev–Trinajstić information content (AvgIpc) is 2.93. The first-order valence-corrected chi connectivity index (χ1v) is 8.01. The minimum atomic E-state index is -0.0994. The molecule has 20 heavy (non-hydrogen) atoms. The monoisotopic (exact) mass is 278 g/mol. The molecule has 0 bridgehead atoms. The molecule has 0 amide bonds. The number of anilines is 2. The van der Waals surface area contributed by atoms with Gasteiger partial charge in [-0.05, 0) is 44.4 Å². The fraction of sp³-hybridized carbons (Fsp3) is 0.647. The summed E-state index contributed by atoms with van der Waals surface area (Å²) in [5, 5.41) is 3.40. The topological polar surface area (TPSA) is 15.3 Å². The van der Waals surface area contributed by atoms with Gasteiger partial charge in [0.15, 0.2) is 0 Å². The van der Waals surface area contributed by atoms with E-state index in [1.54, 1.807) is 6.07 Å². The zero-order chi connectivity index (χ0) is 14.4. The van der Waals surface area contributed by atoms with Crippen LogP contribution in [0.2, 0.25) is 0 Å². The summed E-state index contributed by atoms with van der Waals surface area (Å²) in [6.45, 7) is 6.35. The van der Waals surface area contributed by atoms with Gasteiger partial charge in [0.05, 0.1) is 5.69 Å². The lowest BCUT2D eigenvalue weighted by Gasteiger charge is -2.20. The van der Waals surface area contributed by atoms with Crippen LogP contribution in [-0.4, -0.2) is 19.1 Å². The highest BCUT2D eigenvalue weighted by Crippen LogP contribution is 2.26. The van der Waals surface area contributed by atoms with Crippen LogP contribution in [0, 0.1) is 5.82 Å². The van der Waals surface area contributed by atoms with Crippen LogP contribution in [0.3, 0.4) is 0 Å². The van der Waals surface area contributed by atoms with Gasteiger partial charge in [-0.25, -0.2) is 4.39 Å². The second-order valence-corrected chi connectivity index (χ2v) is 5.90. The van der Waals surface area contributed by atoms with Gasteiger partial charge in [0, 0.05) is 24.8 Å². The van der Waals surface area contributed by atoms with Crippen molar-refractivity contribution in [2.75, 3.05) is 23.3 Å². The number of hydrogen-bond acceptors (Lipinski definition) is 2. The van der Waals surface area contributed by atoms with Gasteiger partial charge < -0.3 is 10.2 Å². The molecule has 1 unspecified atom stereocenters. The first-order valence-electron chi connectivity index (χ1n) is 8.01. The Kier molecular flexibility index (Phi) is 5.69. The normalized spacial score (nSPS) is 16.4. The third-order valence-electron chi connectivity index (χ3n) is 4.05. The molecule has 2 nitrogen and oxygen atoms in total. The number of unbranched alkanes of at least 4 members (excludes halogenated alkanes) is 2. The molecule has 2 rings (SSSR count). The molecule has 0 saturated carbocycles. The molecule has 0 aliphatic carbocycles. The lowest BCUT2D eigenvalue weighted by molar-refractivity contribution is 0.610. The molecule has 1 aromatic rings. The summed E-state index contributed by atoms with van der Waals surface area (Å²) in [6.07, 6.45) is 7.24. The van der Waals surface area contributed by atoms with Gasteiger partial charge in [-0.15, -0.1) is 0 Å². The summed E-state index contributed by atoms with van der Waals surface area (Å²) < 4.78 is 14.2. The van der Waals surface area contributed by atoms with Crippen molar-refractivity contribution in [2.45, 2.75) is 58.4 Å². The molecule has 1 saturated heterocycles. The molecular formula is C17H27FN2. The molecule has 1 fully saturated rings. The second kappa shape index (κ2) is 7.51. The summed E-state index contributed by atoms with van der Waals surface area (Å²) >= 11 is 0. The molecule has 3 heteroatoms. The molecule has 1 heterocycles. The van der Waals surface area contributed by atoms with Crippen molar-refractivity contribution in [1.29, 1.82) is 0 Å². The second-order valence-electron chi connectivity index (χ2n) is 5.90. The van der Waals surface area contributed by atoms with E-state index in [1.807, 2.05) is 12.1 Å². The van der Waals surface area contributed by atoms with E-state index in [1.165, 1.54) is 32.1 Å². The van der Waals surface area contributed by atoms with E-state index in [9.17, 15) is 4.39 Å². The highest BCUT2D eigenvalue weighted by atomic mass is 19.1. The van der Waals surface area contributed by atoms with Crippen LogP contribution < -0.4 is 10.2 Å². The summed E-state index contributed by atoms with van der Waals surface area (Å²) in [6, 6.07) is 5.97. The van der Waals surface area contributed by atoms with Crippen molar-refractivity contribution in [3.63, 3.8) is 0 Å². The van der Waals surface area contributed by atoms with Crippen molar-refractivity contribution in [3.8, 4) is 0 Å². The molecule has 0 spiro atoms. The van der Waals surface area contributed by atoms with Gasteiger partial charge in [0.1, 0.15) is 5.82 Å². The number of nitrogens with one attached hydrogen (secondary N) is 1. The lowest BCUT2D eigenvalue weighted by atomic mass is 10.1. The molecule has 0 aromatic heterocycles.